The Hall–Kier alpha value is -2.04. The molecule has 0 bridgehead atoms. The molecule has 0 saturated carbocycles. The number of aryl methyl sites for hydroxylation is 1. The first-order valence-electron chi connectivity index (χ1n) is 6.32. The van der Waals surface area contributed by atoms with Gasteiger partial charge < -0.3 is 16.2 Å². The van der Waals surface area contributed by atoms with E-state index in [2.05, 4.69) is 5.32 Å². The summed E-state index contributed by atoms with van der Waals surface area (Å²) in [6.07, 6.45) is 1.47. The zero-order chi connectivity index (χ0) is 14.4. The van der Waals surface area contributed by atoms with Gasteiger partial charge in [-0.05, 0) is 37.1 Å². The molecule has 0 heterocycles. The van der Waals surface area contributed by atoms with E-state index in [-0.39, 0.29) is 0 Å². The van der Waals surface area contributed by atoms with Crippen LogP contribution in [0.2, 0.25) is 0 Å². The monoisotopic (exact) mass is 264 g/mol. The highest BCUT2D eigenvalue weighted by Crippen LogP contribution is 2.16. The van der Waals surface area contributed by atoms with Crippen LogP contribution in [0, 0.1) is 12.8 Å². The Balaban J connectivity index is 2.70. The van der Waals surface area contributed by atoms with E-state index in [9.17, 15) is 9.59 Å². The number of amides is 1. The van der Waals surface area contributed by atoms with Crippen molar-refractivity contribution in [2.24, 2.45) is 11.7 Å². The number of carboxylic acid groups (broad SMARTS) is 1. The Morgan fingerprint density at radius 1 is 1.42 bits per heavy atom. The van der Waals surface area contributed by atoms with Crippen molar-refractivity contribution in [3.8, 4) is 0 Å². The fourth-order valence-electron chi connectivity index (χ4n) is 1.95. The molecule has 0 aliphatic heterocycles. The lowest BCUT2D eigenvalue weighted by atomic mass is 10.0. The van der Waals surface area contributed by atoms with E-state index in [0.29, 0.717) is 18.5 Å². The minimum atomic E-state index is -0.792. The number of rotatable bonds is 7. The van der Waals surface area contributed by atoms with Gasteiger partial charge in [-0.2, -0.15) is 0 Å². The van der Waals surface area contributed by atoms with Crippen LogP contribution >= 0.6 is 0 Å². The molecule has 1 atom stereocenters. The van der Waals surface area contributed by atoms with Gasteiger partial charge in [-0.3, -0.25) is 9.59 Å². The van der Waals surface area contributed by atoms with Crippen molar-refractivity contribution >= 4 is 17.6 Å². The van der Waals surface area contributed by atoms with Gasteiger partial charge >= 0.3 is 5.97 Å². The highest BCUT2D eigenvalue weighted by Gasteiger charge is 2.16. The van der Waals surface area contributed by atoms with Gasteiger partial charge in [-0.1, -0.05) is 13.3 Å². The second kappa shape index (κ2) is 6.78. The summed E-state index contributed by atoms with van der Waals surface area (Å²) >= 11 is 0. The first-order chi connectivity index (χ1) is 8.95. The molecule has 1 aromatic rings. The predicted molar refractivity (Wildman–Crippen MR) is 74.2 cm³/mol. The number of carbonyl (C=O) groups is 2. The fourth-order valence-corrected chi connectivity index (χ4v) is 1.95. The zero-order valence-electron chi connectivity index (χ0n) is 11.3. The SMILES string of the molecule is CCCC(CNc1ccc(C(N)=O)c(C)c1)C(=O)O. The average molecular weight is 264 g/mol. The highest BCUT2D eigenvalue weighted by molar-refractivity contribution is 5.94. The topological polar surface area (TPSA) is 92.4 Å². The number of aliphatic carboxylic acids is 1. The molecule has 0 saturated heterocycles. The summed E-state index contributed by atoms with van der Waals surface area (Å²) in [7, 11) is 0. The Labute approximate surface area is 112 Å². The van der Waals surface area contributed by atoms with Crippen molar-refractivity contribution in [2.45, 2.75) is 26.7 Å². The molecular formula is C14H20N2O3. The van der Waals surface area contributed by atoms with Gasteiger partial charge in [-0.15, -0.1) is 0 Å². The van der Waals surface area contributed by atoms with E-state index < -0.39 is 17.8 Å². The molecule has 0 fully saturated rings. The van der Waals surface area contributed by atoms with E-state index in [1.807, 2.05) is 6.92 Å². The van der Waals surface area contributed by atoms with Crippen LogP contribution < -0.4 is 11.1 Å². The molecule has 5 heteroatoms. The minimum Gasteiger partial charge on any atom is -0.481 e. The highest BCUT2D eigenvalue weighted by atomic mass is 16.4. The largest absolute Gasteiger partial charge is 0.481 e. The second-order valence-electron chi connectivity index (χ2n) is 4.60. The van der Waals surface area contributed by atoms with E-state index in [1.165, 1.54) is 0 Å². The number of hydrogen-bond donors (Lipinski definition) is 3. The molecule has 0 aliphatic carbocycles. The minimum absolute atomic E-state index is 0.374. The van der Waals surface area contributed by atoms with Crippen molar-refractivity contribution in [3.05, 3.63) is 29.3 Å². The lowest BCUT2D eigenvalue weighted by Gasteiger charge is -2.14. The standard InChI is InChI=1S/C14H20N2O3/c1-3-4-10(14(18)19)8-16-11-5-6-12(13(15)17)9(2)7-11/h5-7,10,16H,3-4,8H2,1-2H3,(H2,15,17)(H,18,19). The molecular weight excluding hydrogens is 244 g/mol. The molecule has 4 N–H and O–H groups in total. The van der Waals surface area contributed by atoms with Gasteiger partial charge in [0.05, 0.1) is 5.92 Å². The summed E-state index contributed by atoms with van der Waals surface area (Å²) in [5, 5.41) is 12.1. The summed E-state index contributed by atoms with van der Waals surface area (Å²) in [6.45, 7) is 4.13. The van der Waals surface area contributed by atoms with E-state index in [4.69, 9.17) is 10.8 Å². The Morgan fingerprint density at radius 3 is 2.58 bits per heavy atom. The van der Waals surface area contributed by atoms with Gasteiger partial charge in [0.25, 0.3) is 0 Å². The molecule has 1 unspecified atom stereocenters. The lowest BCUT2D eigenvalue weighted by molar-refractivity contribution is -0.141. The number of hydrogen-bond acceptors (Lipinski definition) is 3. The quantitative estimate of drug-likeness (QED) is 0.702. The summed E-state index contributed by atoms with van der Waals surface area (Å²) < 4.78 is 0. The maximum atomic E-state index is 11.1. The van der Waals surface area contributed by atoms with Gasteiger partial charge in [-0.25, -0.2) is 0 Å². The summed E-state index contributed by atoms with van der Waals surface area (Å²) in [5.74, 6) is -1.65. The number of nitrogens with two attached hydrogens (primary N) is 1. The zero-order valence-corrected chi connectivity index (χ0v) is 11.3. The number of primary amides is 1. The van der Waals surface area contributed by atoms with Crippen LogP contribution in [0.3, 0.4) is 0 Å². The Kier molecular flexibility index (Phi) is 5.36. The smallest absolute Gasteiger partial charge is 0.308 e. The number of nitrogens with one attached hydrogen (secondary N) is 1. The predicted octanol–water partition coefficient (Wildman–Crippen LogP) is 2.01. The summed E-state index contributed by atoms with van der Waals surface area (Å²) in [6, 6.07) is 5.18. The molecule has 0 radical (unpaired) electrons. The molecule has 1 rings (SSSR count). The number of carboxylic acids is 1. The number of anilines is 1. The second-order valence-corrected chi connectivity index (χ2v) is 4.60. The molecule has 19 heavy (non-hydrogen) atoms. The summed E-state index contributed by atoms with van der Waals surface area (Å²) in [4.78, 5) is 22.1. The van der Waals surface area contributed by atoms with Crippen molar-refractivity contribution < 1.29 is 14.7 Å². The normalized spacial score (nSPS) is 11.9. The van der Waals surface area contributed by atoms with Gasteiger partial charge in [0.15, 0.2) is 0 Å². The molecule has 1 aromatic carbocycles. The first-order valence-corrected chi connectivity index (χ1v) is 6.32. The van der Waals surface area contributed by atoms with Crippen LogP contribution in [0.4, 0.5) is 5.69 Å². The molecule has 0 aliphatic rings. The van der Waals surface area contributed by atoms with Crippen molar-refractivity contribution in [1.29, 1.82) is 0 Å². The average Bonchev–Trinajstić information content (AvgIpc) is 2.33. The van der Waals surface area contributed by atoms with Crippen LogP contribution in [-0.2, 0) is 4.79 Å². The third kappa shape index (κ3) is 4.28. The van der Waals surface area contributed by atoms with Crippen LogP contribution in [0.5, 0.6) is 0 Å². The van der Waals surface area contributed by atoms with Crippen molar-refractivity contribution in [3.63, 3.8) is 0 Å². The molecule has 104 valence electrons. The first kappa shape index (κ1) is 15.0. The number of carbonyl (C=O) groups excluding carboxylic acids is 1. The van der Waals surface area contributed by atoms with Crippen LogP contribution in [-0.4, -0.2) is 23.5 Å². The molecule has 0 aromatic heterocycles. The van der Waals surface area contributed by atoms with Crippen molar-refractivity contribution in [2.75, 3.05) is 11.9 Å². The van der Waals surface area contributed by atoms with E-state index >= 15 is 0 Å². The van der Waals surface area contributed by atoms with E-state index in [1.54, 1.807) is 25.1 Å². The third-order valence-electron chi connectivity index (χ3n) is 3.03. The van der Waals surface area contributed by atoms with Crippen molar-refractivity contribution in [1.82, 2.24) is 0 Å². The molecule has 5 nitrogen and oxygen atoms in total. The third-order valence-corrected chi connectivity index (χ3v) is 3.03. The fraction of sp³-hybridized carbons (Fsp3) is 0.429. The lowest BCUT2D eigenvalue weighted by Crippen LogP contribution is -2.22. The Morgan fingerprint density at radius 2 is 2.11 bits per heavy atom. The maximum Gasteiger partial charge on any atom is 0.308 e. The Bertz CT molecular complexity index is 472. The summed E-state index contributed by atoms with van der Waals surface area (Å²) in [5.41, 5.74) is 7.28. The van der Waals surface area contributed by atoms with Crippen LogP contribution in [0.25, 0.3) is 0 Å². The van der Waals surface area contributed by atoms with E-state index in [0.717, 1.165) is 17.7 Å². The van der Waals surface area contributed by atoms with Crippen LogP contribution in [0.15, 0.2) is 18.2 Å². The van der Waals surface area contributed by atoms with Gasteiger partial charge in [0, 0.05) is 17.8 Å². The van der Waals surface area contributed by atoms with Gasteiger partial charge in [0.1, 0.15) is 0 Å². The van der Waals surface area contributed by atoms with Gasteiger partial charge in [0.2, 0.25) is 5.91 Å². The molecule has 1 amide bonds. The van der Waals surface area contributed by atoms with Crippen LogP contribution in [0.1, 0.15) is 35.7 Å². The molecule has 0 spiro atoms. The number of benzene rings is 1. The maximum absolute atomic E-state index is 11.1.